The molecule has 1 aromatic carbocycles. The molecule has 2 aromatic heterocycles. The quantitative estimate of drug-likeness (QED) is 0.711. The molecule has 0 saturated carbocycles. The molecule has 0 spiro atoms. The number of carbonyl (C=O) groups excluding carboxylic acids is 1. The topological polar surface area (TPSA) is 46.5 Å². The third-order valence-electron chi connectivity index (χ3n) is 4.95. The number of ether oxygens (including phenoxy) is 1. The zero-order valence-corrected chi connectivity index (χ0v) is 16.4. The van der Waals surface area contributed by atoms with E-state index in [9.17, 15) is 4.79 Å². The first-order valence-corrected chi connectivity index (χ1v) is 10.2. The van der Waals surface area contributed by atoms with E-state index in [1.165, 1.54) is 15.1 Å². The Hall–Kier alpha value is -2.15. The average Bonchev–Trinajstić information content (AvgIpc) is 3.20. The zero-order valence-electron chi connectivity index (χ0n) is 15.6. The van der Waals surface area contributed by atoms with Gasteiger partial charge in [0.2, 0.25) is 0 Å². The van der Waals surface area contributed by atoms with Crippen LogP contribution in [0.3, 0.4) is 0 Å². The summed E-state index contributed by atoms with van der Waals surface area (Å²) in [6.07, 6.45) is 0. The zero-order chi connectivity index (χ0) is 18.6. The molecule has 1 amide bonds. The largest absolute Gasteiger partial charge is 0.379 e. The molecule has 142 valence electrons. The number of rotatable bonds is 6. The fourth-order valence-electron chi connectivity index (χ4n) is 3.53. The Labute approximate surface area is 163 Å². The van der Waals surface area contributed by atoms with Crippen LogP contribution in [0.25, 0.3) is 10.2 Å². The van der Waals surface area contributed by atoms with E-state index in [-0.39, 0.29) is 5.91 Å². The first-order chi connectivity index (χ1) is 13.2. The number of carbonyl (C=O) groups is 1. The van der Waals surface area contributed by atoms with Gasteiger partial charge in [0.1, 0.15) is 5.69 Å². The third kappa shape index (κ3) is 4.24. The van der Waals surface area contributed by atoms with Gasteiger partial charge in [-0.25, -0.2) is 0 Å². The lowest BCUT2D eigenvalue weighted by molar-refractivity contribution is 0.0383. The van der Waals surface area contributed by atoms with Crippen molar-refractivity contribution in [2.24, 2.45) is 0 Å². The van der Waals surface area contributed by atoms with E-state index >= 15 is 0 Å². The van der Waals surface area contributed by atoms with E-state index in [1.54, 1.807) is 11.3 Å². The van der Waals surface area contributed by atoms with Crippen molar-refractivity contribution in [3.05, 3.63) is 58.6 Å². The predicted octanol–water partition coefficient (Wildman–Crippen LogP) is 3.12. The maximum atomic E-state index is 12.9. The SMILES string of the molecule is Cc1cc2c(cc(C(=O)NCCN3CCOCC3)n2Cc2ccccc2)s1. The van der Waals surface area contributed by atoms with Crippen molar-refractivity contribution in [3.8, 4) is 0 Å². The van der Waals surface area contributed by atoms with Gasteiger partial charge in [-0.05, 0) is 24.6 Å². The van der Waals surface area contributed by atoms with Gasteiger partial charge in [-0.1, -0.05) is 30.3 Å². The molecule has 1 fully saturated rings. The second-order valence-corrected chi connectivity index (χ2v) is 8.21. The van der Waals surface area contributed by atoms with E-state index in [2.05, 4.69) is 39.9 Å². The van der Waals surface area contributed by atoms with E-state index < -0.39 is 0 Å². The molecule has 0 unspecified atom stereocenters. The number of amides is 1. The molecular weight excluding hydrogens is 358 g/mol. The molecule has 1 aliphatic heterocycles. The Morgan fingerprint density at radius 1 is 1.19 bits per heavy atom. The van der Waals surface area contributed by atoms with Crippen LogP contribution in [0.15, 0.2) is 42.5 Å². The molecule has 27 heavy (non-hydrogen) atoms. The maximum absolute atomic E-state index is 12.9. The summed E-state index contributed by atoms with van der Waals surface area (Å²) in [5.41, 5.74) is 3.07. The Bertz CT molecular complexity index is 910. The summed E-state index contributed by atoms with van der Waals surface area (Å²) in [6.45, 7) is 7.77. The Morgan fingerprint density at radius 2 is 1.96 bits per heavy atom. The number of morpholine rings is 1. The van der Waals surface area contributed by atoms with Crippen LogP contribution >= 0.6 is 11.3 Å². The highest BCUT2D eigenvalue weighted by Crippen LogP contribution is 2.29. The molecular formula is C21H25N3O2S. The molecule has 4 rings (SSSR count). The Morgan fingerprint density at radius 3 is 2.74 bits per heavy atom. The molecule has 0 atom stereocenters. The molecule has 0 aliphatic carbocycles. The minimum absolute atomic E-state index is 0.000226. The number of hydrogen-bond donors (Lipinski definition) is 1. The van der Waals surface area contributed by atoms with Gasteiger partial charge in [-0.2, -0.15) is 0 Å². The minimum atomic E-state index is 0.000226. The van der Waals surface area contributed by atoms with Gasteiger partial charge >= 0.3 is 0 Å². The number of nitrogens with one attached hydrogen (secondary N) is 1. The highest BCUT2D eigenvalue weighted by atomic mass is 32.1. The summed E-state index contributed by atoms with van der Waals surface area (Å²) in [5.74, 6) is 0.000226. The normalized spacial score (nSPS) is 15.3. The van der Waals surface area contributed by atoms with Crippen molar-refractivity contribution in [3.63, 3.8) is 0 Å². The van der Waals surface area contributed by atoms with Crippen molar-refractivity contribution in [2.75, 3.05) is 39.4 Å². The highest BCUT2D eigenvalue weighted by Gasteiger charge is 2.18. The van der Waals surface area contributed by atoms with Crippen LogP contribution in [0.1, 0.15) is 20.9 Å². The molecule has 5 nitrogen and oxygen atoms in total. The van der Waals surface area contributed by atoms with E-state index in [0.717, 1.165) is 44.1 Å². The van der Waals surface area contributed by atoms with Gasteiger partial charge in [-0.15, -0.1) is 11.3 Å². The third-order valence-corrected chi connectivity index (χ3v) is 5.93. The van der Waals surface area contributed by atoms with Gasteiger partial charge in [0.05, 0.1) is 23.4 Å². The van der Waals surface area contributed by atoms with Crippen molar-refractivity contribution < 1.29 is 9.53 Å². The summed E-state index contributed by atoms with van der Waals surface area (Å²) in [7, 11) is 0. The molecule has 3 heterocycles. The first kappa shape index (κ1) is 18.2. The van der Waals surface area contributed by atoms with Crippen molar-refractivity contribution in [2.45, 2.75) is 13.5 Å². The summed E-state index contributed by atoms with van der Waals surface area (Å²) < 4.78 is 8.68. The number of fused-ring (bicyclic) bond motifs is 1. The standard InChI is InChI=1S/C21H25N3O2S/c1-16-13-18-20(27-16)14-19(24(18)15-17-5-3-2-4-6-17)21(25)22-7-8-23-9-11-26-12-10-23/h2-6,13-14H,7-12,15H2,1H3,(H,22,25). The highest BCUT2D eigenvalue weighted by molar-refractivity contribution is 7.19. The lowest BCUT2D eigenvalue weighted by atomic mass is 10.2. The van der Waals surface area contributed by atoms with Crippen LogP contribution in [-0.4, -0.2) is 54.8 Å². The smallest absolute Gasteiger partial charge is 0.268 e. The summed E-state index contributed by atoms with van der Waals surface area (Å²) in [5, 5.41) is 3.10. The van der Waals surface area contributed by atoms with Gasteiger partial charge in [0, 0.05) is 37.6 Å². The van der Waals surface area contributed by atoms with Crippen molar-refractivity contribution in [1.29, 1.82) is 0 Å². The first-order valence-electron chi connectivity index (χ1n) is 9.42. The summed E-state index contributed by atoms with van der Waals surface area (Å²) in [4.78, 5) is 16.5. The molecule has 0 bridgehead atoms. The number of aromatic nitrogens is 1. The van der Waals surface area contributed by atoms with E-state index in [0.29, 0.717) is 13.1 Å². The Balaban J connectivity index is 1.50. The van der Waals surface area contributed by atoms with E-state index in [4.69, 9.17) is 4.74 Å². The van der Waals surface area contributed by atoms with Crippen LogP contribution in [-0.2, 0) is 11.3 Å². The number of nitrogens with zero attached hydrogens (tertiary/aromatic N) is 2. The number of hydrogen-bond acceptors (Lipinski definition) is 4. The number of benzene rings is 1. The van der Waals surface area contributed by atoms with Gasteiger partial charge in [0.25, 0.3) is 5.91 Å². The molecule has 1 saturated heterocycles. The van der Waals surface area contributed by atoms with Crippen molar-refractivity contribution in [1.82, 2.24) is 14.8 Å². The maximum Gasteiger partial charge on any atom is 0.268 e. The number of aryl methyl sites for hydroxylation is 1. The Kier molecular flexibility index (Phi) is 5.57. The van der Waals surface area contributed by atoms with Crippen LogP contribution in [0.2, 0.25) is 0 Å². The lowest BCUT2D eigenvalue weighted by Gasteiger charge is -2.26. The predicted molar refractivity (Wildman–Crippen MR) is 110 cm³/mol. The molecule has 1 aliphatic rings. The van der Waals surface area contributed by atoms with Crippen molar-refractivity contribution >= 4 is 27.5 Å². The fraction of sp³-hybridized carbons (Fsp3) is 0.381. The van der Waals surface area contributed by atoms with E-state index in [1.807, 2.05) is 24.3 Å². The van der Waals surface area contributed by atoms with Crippen LogP contribution in [0.4, 0.5) is 0 Å². The molecule has 1 N–H and O–H groups in total. The average molecular weight is 384 g/mol. The number of thiophene rings is 1. The van der Waals surface area contributed by atoms with Gasteiger partial charge in [-0.3, -0.25) is 9.69 Å². The summed E-state index contributed by atoms with van der Waals surface area (Å²) >= 11 is 1.74. The molecule has 3 aromatic rings. The van der Waals surface area contributed by atoms with Crippen LogP contribution in [0, 0.1) is 6.92 Å². The lowest BCUT2D eigenvalue weighted by Crippen LogP contribution is -2.41. The second kappa shape index (κ2) is 8.25. The molecule has 0 radical (unpaired) electrons. The monoisotopic (exact) mass is 383 g/mol. The molecule has 6 heteroatoms. The van der Waals surface area contributed by atoms with Crippen LogP contribution < -0.4 is 5.32 Å². The van der Waals surface area contributed by atoms with Gasteiger partial charge < -0.3 is 14.6 Å². The summed E-state index contributed by atoms with van der Waals surface area (Å²) in [6, 6.07) is 14.5. The minimum Gasteiger partial charge on any atom is -0.379 e. The van der Waals surface area contributed by atoms with Gasteiger partial charge in [0.15, 0.2) is 0 Å². The fourth-order valence-corrected chi connectivity index (χ4v) is 4.49. The van der Waals surface area contributed by atoms with Crippen LogP contribution in [0.5, 0.6) is 0 Å². The second-order valence-electron chi connectivity index (χ2n) is 6.92.